The van der Waals surface area contributed by atoms with E-state index < -0.39 is 16.0 Å². The first-order valence-corrected chi connectivity index (χ1v) is 10.9. The minimum absolute atomic E-state index is 0.0561. The number of hydrogen-bond acceptors (Lipinski definition) is 7. The maximum atomic E-state index is 12.6. The summed E-state index contributed by atoms with van der Waals surface area (Å²) >= 11 is 1.03. The first-order valence-electron chi connectivity index (χ1n) is 8.51. The van der Waals surface area contributed by atoms with Crippen LogP contribution in [-0.2, 0) is 19.5 Å². The third kappa shape index (κ3) is 4.42. The van der Waals surface area contributed by atoms with Gasteiger partial charge in [0.15, 0.2) is 0 Å². The van der Waals surface area contributed by atoms with Gasteiger partial charge < -0.3 is 14.4 Å². The number of methoxy groups -OCH3 is 2. The van der Waals surface area contributed by atoms with Crippen molar-refractivity contribution < 1.29 is 22.7 Å². The number of carbonyl (C=O) groups excluding carboxylic acids is 1. The molecule has 1 N–H and O–H groups in total. The number of sulfonamides is 1. The van der Waals surface area contributed by atoms with Crippen molar-refractivity contribution in [3.63, 3.8) is 0 Å². The molecule has 1 atom stereocenters. The fourth-order valence-electron chi connectivity index (χ4n) is 3.07. The molecule has 0 spiro atoms. The van der Waals surface area contributed by atoms with Gasteiger partial charge in [-0.2, -0.15) is 0 Å². The van der Waals surface area contributed by atoms with Gasteiger partial charge in [0.25, 0.3) is 10.0 Å². The molecular formula is C18H22N2O5S2. The van der Waals surface area contributed by atoms with E-state index in [1.165, 1.54) is 13.2 Å². The number of carbonyl (C=O) groups is 1. The number of benzene rings is 1. The summed E-state index contributed by atoms with van der Waals surface area (Å²) in [6.07, 6.45) is 2.32. The number of esters is 1. The topological polar surface area (TPSA) is 84.9 Å². The Kier molecular flexibility index (Phi) is 6.03. The smallest absolute Gasteiger partial charge is 0.349 e. The van der Waals surface area contributed by atoms with Gasteiger partial charge in [-0.05, 0) is 48.6 Å². The van der Waals surface area contributed by atoms with Crippen LogP contribution in [0.1, 0.15) is 22.5 Å². The molecule has 2 aromatic rings. The molecule has 1 saturated heterocycles. The van der Waals surface area contributed by atoms with Gasteiger partial charge in [-0.25, -0.2) is 13.2 Å². The van der Waals surface area contributed by atoms with E-state index in [-0.39, 0.29) is 15.9 Å². The van der Waals surface area contributed by atoms with Crippen LogP contribution in [0.5, 0.6) is 0 Å². The lowest BCUT2D eigenvalue weighted by molar-refractivity contribution is 0.0602. The summed E-state index contributed by atoms with van der Waals surface area (Å²) in [6.45, 7) is 1.77. The third-order valence-corrected chi connectivity index (χ3v) is 6.93. The average Bonchev–Trinajstić information content (AvgIpc) is 3.19. The Morgan fingerprint density at radius 1 is 1.22 bits per heavy atom. The molecule has 0 saturated carbocycles. The standard InChI is InChI=1S/C18H22N2O5S2/c1-24-15-4-3-10-20(12-15)14-7-5-13(6-8-14)19-27(22,23)16-9-11-26-17(16)18(21)25-2/h5-9,11,15,19H,3-4,10,12H2,1-2H3. The molecule has 3 rings (SSSR count). The maximum absolute atomic E-state index is 12.6. The molecule has 1 unspecified atom stereocenters. The summed E-state index contributed by atoms with van der Waals surface area (Å²) in [5.41, 5.74) is 1.45. The molecule has 27 heavy (non-hydrogen) atoms. The van der Waals surface area contributed by atoms with Crippen molar-refractivity contribution in [1.29, 1.82) is 0 Å². The van der Waals surface area contributed by atoms with Crippen molar-refractivity contribution in [1.82, 2.24) is 0 Å². The molecule has 0 radical (unpaired) electrons. The van der Waals surface area contributed by atoms with E-state index in [2.05, 4.69) is 14.4 Å². The molecule has 2 heterocycles. The van der Waals surface area contributed by atoms with E-state index >= 15 is 0 Å². The van der Waals surface area contributed by atoms with E-state index in [0.29, 0.717) is 5.69 Å². The Morgan fingerprint density at radius 2 is 1.96 bits per heavy atom. The fourth-order valence-corrected chi connectivity index (χ4v) is 5.46. The molecular weight excluding hydrogens is 388 g/mol. The molecule has 146 valence electrons. The second-order valence-corrected chi connectivity index (χ2v) is 8.77. The quantitative estimate of drug-likeness (QED) is 0.737. The van der Waals surface area contributed by atoms with Crippen molar-refractivity contribution in [2.75, 3.05) is 36.9 Å². The highest BCUT2D eigenvalue weighted by molar-refractivity contribution is 7.93. The Morgan fingerprint density at radius 3 is 2.63 bits per heavy atom. The summed E-state index contributed by atoms with van der Waals surface area (Å²) in [6, 6.07) is 8.59. The van der Waals surface area contributed by atoms with Gasteiger partial charge in [0.1, 0.15) is 9.77 Å². The zero-order valence-corrected chi connectivity index (χ0v) is 16.8. The minimum Gasteiger partial charge on any atom is -0.465 e. The number of piperidine rings is 1. The predicted octanol–water partition coefficient (Wildman–Crippen LogP) is 2.95. The summed E-state index contributed by atoms with van der Waals surface area (Å²) in [5.74, 6) is -0.668. The number of ether oxygens (including phenoxy) is 2. The predicted molar refractivity (Wildman–Crippen MR) is 105 cm³/mol. The van der Waals surface area contributed by atoms with Crippen molar-refractivity contribution in [2.24, 2.45) is 0 Å². The number of anilines is 2. The van der Waals surface area contributed by atoms with Crippen LogP contribution in [0.3, 0.4) is 0 Å². The van der Waals surface area contributed by atoms with E-state index in [1.54, 1.807) is 24.6 Å². The number of rotatable bonds is 6. The minimum atomic E-state index is -3.88. The molecule has 0 bridgehead atoms. The molecule has 1 aliphatic heterocycles. The first kappa shape index (κ1) is 19.7. The second kappa shape index (κ2) is 8.28. The number of hydrogen-bond donors (Lipinski definition) is 1. The summed E-state index contributed by atoms with van der Waals surface area (Å²) < 4.78 is 37.9. The van der Waals surface area contributed by atoms with Gasteiger partial charge in [-0.15, -0.1) is 11.3 Å². The molecule has 1 fully saturated rings. The van der Waals surface area contributed by atoms with Gasteiger partial charge in [0, 0.05) is 31.6 Å². The Hall–Kier alpha value is -2.10. The lowest BCUT2D eigenvalue weighted by Crippen LogP contribution is -2.39. The zero-order valence-electron chi connectivity index (χ0n) is 15.2. The highest BCUT2D eigenvalue weighted by atomic mass is 32.2. The lowest BCUT2D eigenvalue weighted by Gasteiger charge is -2.33. The van der Waals surface area contributed by atoms with Crippen LogP contribution in [-0.4, -0.2) is 47.8 Å². The van der Waals surface area contributed by atoms with Gasteiger partial charge in [0.05, 0.1) is 13.2 Å². The van der Waals surface area contributed by atoms with E-state index in [1.807, 2.05) is 12.1 Å². The molecule has 0 amide bonds. The molecule has 7 nitrogen and oxygen atoms in total. The van der Waals surface area contributed by atoms with Gasteiger partial charge in [-0.3, -0.25) is 4.72 Å². The van der Waals surface area contributed by atoms with Crippen molar-refractivity contribution in [3.05, 3.63) is 40.6 Å². The number of thiophene rings is 1. The zero-order chi connectivity index (χ0) is 19.4. The monoisotopic (exact) mass is 410 g/mol. The Balaban J connectivity index is 1.74. The normalized spacial score (nSPS) is 17.6. The van der Waals surface area contributed by atoms with E-state index in [9.17, 15) is 13.2 Å². The Bertz CT molecular complexity index is 893. The Labute approximate surface area is 163 Å². The van der Waals surface area contributed by atoms with Gasteiger partial charge in [0.2, 0.25) is 0 Å². The summed E-state index contributed by atoms with van der Waals surface area (Å²) in [5, 5.41) is 1.55. The van der Waals surface area contributed by atoms with Crippen molar-refractivity contribution >= 4 is 38.7 Å². The number of nitrogens with zero attached hydrogens (tertiary/aromatic N) is 1. The highest BCUT2D eigenvalue weighted by Gasteiger charge is 2.25. The molecule has 0 aliphatic carbocycles. The van der Waals surface area contributed by atoms with E-state index in [0.717, 1.165) is 43.0 Å². The van der Waals surface area contributed by atoms with E-state index in [4.69, 9.17) is 4.74 Å². The highest BCUT2D eigenvalue weighted by Crippen LogP contribution is 2.27. The fraction of sp³-hybridized carbons (Fsp3) is 0.389. The summed E-state index contributed by atoms with van der Waals surface area (Å²) in [4.78, 5) is 13.9. The molecule has 9 heteroatoms. The SMILES string of the molecule is COC(=O)c1sccc1S(=O)(=O)Nc1ccc(N2CCCC(OC)C2)cc1. The van der Waals surface area contributed by atoms with Crippen LogP contribution in [0.25, 0.3) is 0 Å². The van der Waals surface area contributed by atoms with Crippen LogP contribution in [0.4, 0.5) is 11.4 Å². The van der Waals surface area contributed by atoms with Crippen LogP contribution >= 0.6 is 11.3 Å². The number of nitrogens with one attached hydrogen (secondary N) is 1. The van der Waals surface area contributed by atoms with Gasteiger partial charge >= 0.3 is 5.97 Å². The molecule has 1 aromatic carbocycles. The molecule has 1 aliphatic rings. The van der Waals surface area contributed by atoms with Crippen LogP contribution in [0.2, 0.25) is 0 Å². The van der Waals surface area contributed by atoms with Crippen molar-refractivity contribution in [3.8, 4) is 0 Å². The third-order valence-electron chi connectivity index (χ3n) is 4.49. The maximum Gasteiger partial charge on any atom is 0.349 e. The summed E-state index contributed by atoms with van der Waals surface area (Å²) in [7, 11) is -0.937. The largest absolute Gasteiger partial charge is 0.465 e. The first-order chi connectivity index (χ1) is 12.9. The second-order valence-electron chi connectivity index (χ2n) is 6.20. The molecule has 1 aromatic heterocycles. The van der Waals surface area contributed by atoms with Crippen LogP contribution < -0.4 is 9.62 Å². The average molecular weight is 411 g/mol. The van der Waals surface area contributed by atoms with Crippen molar-refractivity contribution in [2.45, 2.75) is 23.8 Å². The van der Waals surface area contributed by atoms with Crippen LogP contribution in [0.15, 0.2) is 40.6 Å². The van der Waals surface area contributed by atoms with Crippen LogP contribution in [0, 0.1) is 0 Å². The van der Waals surface area contributed by atoms with Gasteiger partial charge in [-0.1, -0.05) is 0 Å². The lowest BCUT2D eigenvalue weighted by atomic mass is 10.1.